The van der Waals surface area contributed by atoms with Crippen LogP contribution in [-0.4, -0.2) is 79.9 Å². The van der Waals surface area contributed by atoms with E-state index < -0.39 is 0 Å². The zero-order valence-electron chi connectivity index (χ0n) is 23.3. The Hall–Kier alpha value is -2.46. The molecule has 9 heteroatoms. The molecule has 1 aromatic carbocycles. The molecule has 1 saturated carbocycles. The molecule has 1 aliphatic carbocycles. The van der Waals surface area contributed by atoms with Crippen LogP contribution in [0.2, 0.25) is 0 Å². The lowest BCUT2D eigenvalue weighted by molar-refractivity contribution is 0.111. The first kappa shape index (κ1) is 28.5. The van der Waals surface area contributed by atoms with E-state index in [1.807, 2.05) is 13.0 Å². The number of anilines is 3. The summed E-state index contributed by atoms with van der Waals surface area (Å²) in [4.78, 5) is 13.9. The van der Waals surface area contributed by atoms with Gasteiger partial charge in [-0.3, -0.25) is 4.90 Å². The molecule has 0 amide bonds. The van der Waals surface area contributed by atoms with Gasteiger partial charge < -0.3 is 31.3 Å². The minimum absolute atomic E-state index is 0.493. The molecule has 4 rings (SSSR count). The Morgan fingerprint density at radius 3 is 2.55 bits per heavy atom. The Balaban J connectivity index is 1.18. The molecule has 9 nitrogen and oxygen atoms in total. The first-order chi connectivity index (χ1) is 18.7. The topological polar surface area (TPSA) is 104 Å². The van der Waals surface area contributed by atoms with Crippen LogP contribution in [0.5, 0.6) is 0 Å². The molecule has 2 heterocycles. The molecule has 1 saturated heterocycles. The van der Waals surface area contributed by atoms with E-state index in [0.717, 1.165) is 83.9 Å². The third kappa shape index (κ3) is 9.69. The third-order valence-corrected chi connectivity index (χ3v) is 7.52. The van der Waals surface area contributed by atoms with Crippen LogP contribution < -0.4 is 26.6 Å². The molecule has 1 aliphatic heterocycles. The fraction of sp³-hybridized carbons (Fsp3) is 0.655. The number of nitrogens with one attached hydrogen (secondary N) is 3. The molecule has 0 atom stereocenters. The van der Waals surface area contributed by atoms with Gasteiger partial charge in [-0.15, -0.1) is 0 Å². The van der Waals surface area contributed by atoms with E-state index in [0.29, 0.717) is 18.3 Å². The van der Waals surface area contributed by atoms with Crippen LogP contribution in [0.4, 0.5) is 17.6 Å². The number of hydrogen-bond acceptors (Lipinski definition) is 9. The SMILES string of the molecule is CCOCCN1CCN(c2cc(N)nc(NCc3cccc(CNCCCNC4CCCCC4)c3)n2)CC1. The minimum atomic E-state index is 0.493. The van der Waals surface area contributed by atoms with Gasteiger partial charge in [0.05, 0.1) is 6.61 Å². The first-order valence-electron chi connectivity index (χ1n) is 14.6. The van der Waals surface area contributed by atoms with Gasteiger partial charge in [-0.1, -0.05) is 43.5 Å². The fourth-order valence-corrected chi connectivity index (χ4v) is 5.32. The highest BCUT2D eigenvalue weighted by Gasteiger charge is 2.19. The van der Waals surface area contributed by atoms with E-state index >= 15 is 0 Å². The van der Waals surface area contributed by atoms with Crippen molar-refractivity contribution in [3.8, 4) is 0 Å². The number of nitrogen functional groups attached to an aromatic ring is 1. The monoisotopic (exact) mass is 524 g/mol. The maximum Gasteiger partial charge on any atom is 0.226 e. The molecule has 0 unspecified atom stereocenters. The van der Waals surface area contributed by atoms with Gasteiger partial charge in [0.15, 0.2) is 0 Å². The maximum atomic E-state index is 6.14. The Morgan fingerprint density at radius 1 is 0.974 bits per heavy atom. The average Bonchev–Trinajstić information content (AvgIpc) is 2.95. The normalized spacial score (nSPS) is 17.1. The van der Waals surface area contributed by atoms with Crippen LogP contribution in [0, 0.1) is 0 Å². The van der Waals surface area contributed by atoms with Crippen molar-refractivity contribution in [2.75, 3.05) is 75.0 Å². The predicted molar refractivity (Wildman–Crippen MR) is 157 cm³/mol. The molecular formula is C29H48N8O. The van der Waals surface area contributed by atoms with Crippen LogP contribution in [0.1, 0.15) is 56.6 Å². The van der Waals surface area contributed by atoms with Crippen molar-refractivity contribution in [2.45, 2.75) is 64.6 Å². The molecule has 5 N–H and O–H groups in total. The van der Waals surface area contributed by atoms with Crippen molar-refractivity contribution in [1.29, 1.82) is 0 Å². The lowest BCUT2D eigenvalue weighted by atomic mass is 9.95. The number of nitrogens with two attached hydrogens (primary N) is 1. The highest BCUT2D eigenvalue weighted by Crippen LogP contribution is 2.19. The van der Waals surface area contributed by atoms with Crippen LogP contribution >= 0.6 is 0 Å². The number of benzene rings is 1. The molecule has 38 heavy (non-hydrogen) atoms. The Bertz CT molecular complexity index is 944. The van der Waals surface area contributed by atoms with Gasteiger partial charge in [0.1, 0.15) is 11.6 Å². The lowest BCUT2D eigenvalue weighted by Gasteiger charge is -2.35. The van der Waals surface area contributed by atoms with E-state index in [1.54, 1.807) is 0 Å². The van der Waals surface area contributed by atoms with Crippen molar-refractivity contribution in [3.05, 3.63) is 41.5 Å². The summed E-state index contributed by atoms with van der Waals surface area (Å²) in [6.07, 6.45) is 8.05. The van der Waals surface area contributed by atoms with Crippen LogP contribution in [0.3, 0.4) is 0 Å². The van der Waals surface area contributed by atoms with Gasteiger partial charge in [-0.25, -0.2) is 0 Å². The van der Waals surface area contributed by atoms with E-state index in [9.17, 15) is 0 Å². The molecule has 210 valence electrons. The summed E-state index contributed by atoms with van der Waals surface area (Å²) in [5.74, 6) is 1.96. The van der Waals surface area contributed by atoms with Crippen molar-refractivity contribution in [1.82, 2.24) is 25.5 Å². The second-order valence-corrected chi connectivity index (χ2v) is 10.5. The summed E-state index contributed by atoms with van der Waals surface area (Å²) in [5, 5.41) is 10.7. The summed E-state index contributed by atoms with van der Waals surface area (Å²) in [5.41, 5.74) is 8.64. The number of rotatable bonds is 15. The maximum absolute atomic E-state index is 6.14. The zero-order valence-corrected chi connectivity index (χ0v) is 23.3. The number of piperazine rings is 1. The highest BCUT2D eigenvalue weighted by atomic mass is 16.5. The number of aromatic nitrogens is 2. The quantitative estimate of drug-likeness (QED) is 0.262. The summed E-state index contributed by atoms with van der Waals surface area (Å²) in [6, 6.07) is 11.3. The van der Waals surface area contributed by atoms with E-state index in [1.165, 1.54) is 43.2 Å². The van der Waals surface area contributed by atoms with E-state index in [-0.39, 0.29) is 0 Å². The van der Waals surface area contributed by atoms with Crippen molar-refractivity contribution < 1.29 is 4.74 Å². The molecule has 2 fully saturated rings. The van der Waals surface area contributed by atoms with Crippen molar-refractivity contribution >= 4 is 17.6 Å². The van der Waals surface area contributed by atoms with Gasteiger partial charge in [-0.2, -0.15) is 9.97 Å². The molecule has 0 bridgehead atoms. The van der Waals surface area contributed by atoms with Crippen molar-refractivity contribution in [3.63, 3.8) is 0 Å². The van der Waals surface area contributed by atoms with Gasteiger partial charge >= 0.3 is 0 Å². The summed E-state index contributed by atoms with van der Waals surface area (Å²) in [7, 11) is 0. The zero-order chi connectivity index (χ0) is 26.4. The van der Waals surface area contributed by atoms with Crippen molar-refractivity contribution in [2.24, 2.45) is 0 Å². The summed E-state index contributed by atoms with van der Waals surface area (Å²) < 4.78 is 5.50. The van der Waals surface area contributed by atoms with E-state index in [4.69, 9.17) is 15.5 Å². The number of ether oxygens (including phenoxy) is 1. The van der Waals surface area contributed by atoms with Gasteiger partial charge in [0.25, 0.3) is 0 Å². The lowest BCUT2D eigenvalue weighted by Crippen LogP contribution is -2.47. The minimum Gasteiger partial charge on any atom is -0.383 e. The second-order valence-electron chi connectivity index (χ2n) is 10.5. The largest absolute Gasteiger partial charge is 0.383 e. The smallest absolute Gasteiger partial charge is 0.226 e. The first-order valence-corrected chi connectivity index (χ1v) is 14.6. The number of nitrogens with zero attached hydrogens (tertiary/aromatic N) is 4. The Morgan fingerprint density at radius 2 is 1.76 bits per heavy atom. The number of hydrogen-bond donors (Lipinski definition) is 4. The summed E-state index contributed by atoms with van der Waals surface area (Å²) in [6.45, 7) is 12.1. The molecule has 0 radical (unpaired) electrons. The second kappa shape index (κ2) is 15.8. The van der Waals surface area contributed by atoms with Crippen LogP contribution in [-0.2, 0) is 17.8 Å². The molecule has 2 aromatic rings. The van der Waals surface area contributed by atoms with E-state index in [2.05, 4.69) is 55.0 Å². The third-order valence-electron chi connectivity index (χ3n) is 7.52. The van der Waals surface area contributed by atoms with Gasteiger partial charge in [0.2, 0.25) is 5.95 Å². The molecule has 0 spiro atoms. The molecule has 1 aromatic heterocycles. The van der Waals surface area contributed by atoms with Crippen LogP contribution in [0.15, 0.2) is 30.3 Å². The standard InChI is InChI=1S/C29H48N8O/c1-2-38-19-18-36-14-16-37(17-15-36)28-21-27(30)34-29(35-28)33-23-25-9-6-8-24(20-25)22-31-12-7-13-32-26-10-4-3-5-11-26/h6,8-9,20-21,26,31-32H,2-5,7,10-19,22-23H2,1H3,(H3,30,33,34,35). The van der Waals surface area contributed by atoms with Gasteiger partial charge in [-0.05, 0) is 50.4 Å². The Kier molecular flexibility index (Phi) is 11.9. The highest BCUT2D eigenvalue weighted by molar-refractivity contribution is 5.52. The van der Waals surface area contributed by atoms with Crippen LogP contribution in [0.25, 0.3) is 0 Å². The molecule has 2 aliphatic rings. The fourth-order valence-electron chi connectivity index (χ4n) is 5.32. The average molecular weight is 525 g/mol. The van der Waals surface area contributed by atoms with Gasteiger partial charge in [0, 0.05) is 64.5 Å². The predicted octanol–water partition coefficient (Wildman–Crippen LogP) is 3.23. The Labute approximate surface area is 228 Å². The summed E-state index contributed by atoms with van der Waals surface area (Å²) >= 11 is 0. The molecular weight excluding hydrogens is 476 g/mol.